The summed E-state index contributed by atoms with van der Waals surface area (Å²) in [5, 5.41) is 8.77. The smallest absolute Gasteiger partial charge is 0.254 e. The normalized spacial score (nSPS) is 18.4. The molecule has 1 N–H and O–H groups in total. The quantitative estimate of drug-likeness (QED) is 0.782. The van der Waals surface area contributed by atoms with Crippen LogP contribution < -0.4 is 0 Å². The van der Waals surface area contributed by atoms with Crippen molar-refractivity contribution < 1.29 is 14.6 Å². The third-order valence-electron chi connectivity index (χ3n) is 3.49. The van der Waals surface area contributed by atoms with Crippen LogP contribution in [-0.2, 0) is 4.74 Å². The van der Waals surface area contributed by atoms with Gasteiger partial charge in [0.1, 0.15) is 6.61 Å². The summed E-state index contributed by atoms with van der Waals surface area (Å²) < 4.78 is 5.36. The van der Waals surface area contributed by atoms with Crippen molar-refractivity contribution in [1.29, 1.82) is 0 Å². The van der Waals surface area contributed by atoms with Crippen molar-refractivity contribution in [2.45, 2.75) is 19.9 Å². The molecule has 0 aromatic heterocycles. The van der Waals surface area contributed by atoms with E-state index in [2.05, 4.69) is 11.8 Å². The summed E-state index contributed by atoms with van der Waals surface area (Å²) in [7, 11) is 0. The summed E-state index contributed by atoms with van der Waals surface area (Å²) >= 11 is 0. The highest BCUT2D eigenvalue weighted by Gasteiger charge is 2.25. The highest BCUT2D eigenvalue weighted by Crippen LogP contribution is 2.18. The molecule has 4 heteroatoms. The lowest BCUT2D eigenvalue weighted by molar-refractivity contribution is 0.00355. The van der Waals surface area contributed by atoms with Crippen LogP contribution >= 0.6 is 0 Å². The summed E-state index contributed by atoms with van der Waals surface area (Å²) in [6.07, 6.45) is 0. The summed E-state index contributed by atoms with van der Waals surface area (Å²) in [4.78, 5) is 14.5. The molecular formula is C16H19NO3. The van der Waals surface area contributed by atoms with Gasteiger partial charge in [-0.3, -0.25) is 4.79 Å². The SMILES string of the molecule is Cc1c(C#CCO)cccc1C(=O)N1CCOCC1C. The molecule has 0 spiro atoms. The number of ether oxygens (including phenoxy) is 1. The zero-order valence-electron chi connectivity index (χ0n) is 11.8. The van der Waals surface area contributed by atoms with Crippen LogP contribution in [0.4, 0.5) is 0 Å². The number of carbonyl (C=O) groups excluding carboxylic acids is 1. The Kier molecular flexibility index (Phi) is 4.78. The van der Waals surface area contributed by atoms with E-state index in [-0.39, 0.29) is 18.6 Å². The van der Waals surface area contributed by atoms with Crippen LogP contribution in [0.1, 0.15) is 28.4 Å². The lowest BCUT2D eigenvalue weighted by Gasteiger charge is -2.33. The minimum Gasteiger partial charge on any atom is -0.384 e. The summed E-state index contributed by atoms with van der Waals surface area (Å²) in [6.45, 7) is 5.47. The Morgan fingerprint density at radius 1 is 1.55 bits per heavy atom. The minimum absolute atomic E-state index is 0.0194. The maximum atomic E-state index is 12.6. The van der Waals surface area contributed by atoms with Crippen LogP contribution in [-0.4, -0.2) is 48.3 Å². The molecule has 1 amide bonds. The predicted octanol–water partition coefficient (Wildman–Crippen LogP) is 1.20. The average molecular weight is 273 g/mol. The van der Waals surface area contributed by atoms with E-state index in [4.69, 9.17) is 9.84 Å². The first-order valence-electron chi connectivity index (χ1n) is 6.73. The maximum Gasteiger partial charge on any atom is 0.254 e. The number of morpholine rings is 1. The van der Waals surface area contributed by atoms with Crippen LogP contribution in [0.25, 0.3) is 0 Å². The molecule has 0 saturated carbocycles. The molecule has 1 atom stereocenters. The topological polar surface area (TPSA) is 49.8 Å². The minimum atomic E-state index is -0.182. The largest absolute Gasteiger partial charge is 0.384 e. The average Bonchev–Trinajstić information content (AvgIpc) is 2.46. The van der Waals surface area contributed by atoms with Crippen molar-refractivity contribution in [3.63, 3.8) is 0 Å². The first kappa shape index (κ1) is 14.6. The Labute approximate surface area is 119 Å². The number of rotatable bonds is 1. The van der Waals surface area contributed by atoms with Gasteiger partial charge in [-0.2, -0.15) is 0 Å². The van der Waals surface area contributed by atoms with Crippen molar-refractivity contribution in [2.75, 3.05) is 26.4 Å². The summed E-state index contributed by atoms with van der Waals surface area (Å²) in [5.41, 5.74) is 2.31. The second-order valence-electron chi connectivity index (χ2n) is 4.86. The highest BCUT2D eigenvalue weighted by molar-refractivity contribution is 5.96. The van der Waals surface area contributed by atoms with Gasteiger partial charge in [-0.1, -0.05) is 17.9 Å². The number of benzene rings is 1. The number of hydrogen-bond acceptors (Lipinski definition) is 3. The molecule has 1 heterocycles. The lowest BCUT2D eigenvalue weighted by Crippen LogP contribution is -2.47. The fraction of sp³-hybridized carbons (Fsp3) is 0.438. The number of nitrogens with zero attached hydrogens (tertiary/aromatic N) is 1. The molecule has 1 aromatic carbocycles. The third-order valence-corrected chi connectivity index (χ3v) is 3.49. The summed E-state index contributed by atoms with van der Waals surface area (Å²) in [6, 6.07) is 5.59. The van der Waals surface area contributed by atoms with E-state index in [1.807, 2.05) is 36.9 Å². The van der Waals surface area contributed by atoms with Crippen molar-refractivity contribution in [2.24, 2.45) is 0 Å². The molecule has 4 nitrogen and oxygen atoms in total. The second kappa shape index (κ2) is 6.56. The van der Waals surface area contributed by atoms with E-state index in [0.29, 0.717) is 25.3 Å². The van der Waals surface area contributed by atoms with E-state index in [0.717, 1.165) is 11.1 Å². The van der Waals surface area contributed by atoms with Crippen molar-refractivity contribution >= 4 is 5.91 Å². The fourth-order valence-electron chi connectivity index (χ4n) is 2.32. The Balaban J connectivity index is 2.30. The number of aliphatic hydroxyl groups is 1. The molecule has 1 unspecified atom stereocenters. The van der Waals surface area contributed by atoms with Crippen LogP contribution in [0, 0.1) is 18.8 Å². The van der Waals surface area contributed by atoms with Crippen LogP contribution in [0.15, 0.2) is 18.2 Å². The van der Waals surface area contributed by atoms with Crippen molar-refractivity contribution in [1.82, 2.24) is 4.90 Å². The van der Waals surface area contributed by atoms with Gasteiger partial charge in [0.2, 0.25) is 0 Å². The van der Waals surface area contributed by atoms with Gasteiger partial charge in [-0.25, -0.2) is 0 Å². The zero-order valence-corrected chi connectivity index (χ0v) is 11.8. The lowest BCUT2D eigenvalue weighted by atomic mass is 10.0. The molecular weight excluding hydrogens is 254 g/mol. The number of aliphatic hydroxyl groups excluding tert-OH is 1. The standard InChI is InChI=1S/C16H19NO3/c1-12-11-20-10-8-17(12)16(19)15-7-3-5-14(13(15)2)6-4-9-18/h3,5,7,12,18H,8-11H2,1-2H3. The van der Waals surface area contributed by atoms with Gasteiger partial charge >= 0.3 is 0 Å². The molecule has 2 rings (SSSR count). The van der Waals surface area contributed by atoms with Crippen LogP contribution in [0.3, 0.4) is 0 Å². The van der Waals surface area contributed by atoms with Gasteiger partial charge in [0, 0.05) is 17.7 Å². The van der Waals surface area contributed by atoms with Crippen LogP contribution in [0.2, 0.25) is 0 Å². The Bertz CT molecular complexity index is 557. The first-order chi connectivity index (χ1) is 9.65. The van der Waals surface area contributed by atoms with E-state index >= 15 is 0 Å². The van der Waals surface area contributed by atoms with E-state index < -0.39 is 0 Å². The van der Waals surface area contributed by atoms with Gasteiger partial charge in [0.25, 0.3) is 5.91 Å². The van der Waals surface area contributed by atoms with Crippen molar-refractivity contribution in [3.8, 4) is 11.8 Å². The van der Waals surface area contributed by atoms with E-state index in [1.54, 1.807) is 0 Å². The molecule has 1 aliphatic rings. The maximum absolute atomic E-state index is 12.6. The van der Waals surface area contributed by atoms with E-state index in [1.165, 1.54) is 0 Å². The van der Waals surface area contributed by atoms with Gasteiger partial charge in [0.15, 0.2) is 0 Å². The highest BCUT2D eigenvalue weighted by atomic mass is 16.5. The molecule has 106 valence electrons. The Hall–Kier alpha value is -1.83. The molecule has 1 saturated heterocycles. The first-order valence-corrected chi connectivity index (χ1v) is 6.73. The molecule has 1 fully saturated rings. The molecule has 0 aliphatic carbocycles. The van der Waals surface area contributed by atoms with Gasteiger partial charge in [0.05, 0.1) is 19.3 Å². The van der Waals surface area contributed by atoms with Gasteiger partial charge < -0.3 is 14.7 Å². The molecule has 1 aliphatic heterocycles. The number of hydrogen-bond donors (Lipinski definition) is 1. The van der Waals surface area contributed by atoms with Gasteiger partial charge in [-0.15, -0.1) is 0 Å². The zero-order chi connectivity index (χ0) is 14.5. The fourth-order valence-corrected chi connectivity index (χ4v) is 2.32. The number of carbonyl (C=O) groups is 1. The summed E-state index contributed by atoms with van der Waals surface area (Å²) in [5.74, 6) is 5.52. The number of amides is 1. The third kappa shape index (κ3) is 3.01. The second-order valence-corrected chi connectivity index (χ2v) is 4.86. The Morgan fingerprint density at radius 2 is 2.35 bits per heavy atom. The predicted molar refractivity (Wildman–Crippen MR) is 76.5 cm³/mol. The molecule has 1 aromatic rings. The van der Waals surface area contributed by atoms with Crippen molar-refractivity contribution in [3.05, 3.63) is 34.9 Å². The van der Waals surface area contributed by atoms with Gasteiger partial charge in [-0.05, 0) is 31.5 Å². The Morgan fingerprint density at radius 3 is 3.05 bits per heavy atom. The van der Waals surface area contributed by atoms with E-state index in [9.17, 15) is 4.79 Å². The molecule has 20 heavy (non-hydrogen) atoms. The molecule has 0 radical (unpaired) electrons. The van der Waals surface area contributed by atoms with Crippen LogP contribution in [0.5, 0.6) is 0 Å². The monoisotopic (exact) mass is 273 g/mol. The molecule has 0 bridgehead atoms.